The Morgan fingerprint density at radius 1 is 0.373 bits per heavy atom. The van der Waals surface area contributed by atoms with Crippen LogP contribution in [0.2, 0.25) is 0 Å². The summed E-state index contributed by atoms with van der Waals surface area (Å²) in [4.78, 5) is 152. The number of halogens is 8. The average Bonchev–Trinajstić information content (AvgIpc) is 1.60. The first-order valence-corrected chi connectivity index (χ1v) is 49.6. The van der Waals surface area contributed by atoms with Gasteiger partial charge in [0.1, 0.15) is 71.0 Å². The number of methoxy groups -OCH3 is 3. The first-order valence-electron chi connectivity index (χ1n) is 49.6. The van der Waals surface area contributed by atoms with E-state index in [0.29, 0.717) is 116 Å². The molecule has 3 radical (unpaired) electrons. The van der Waals surface area contributed by atoms with Crippen LogP contribution in [-0.2, 0) is 132 Å². The molecule has 0 spiro atoms. The number of hydrogen-bond donors (Lipinski definition) is 0. The van der Waals surface area contributed by atoms with Crippen molar-refractivity contribution in [3.05, 3.63) is 71.7 Å². The second kappa shape index (κ2) is 47.1. The molecule has 6 aromatic rings. The fraction of sp³-hybridized carbons (Fsp3) is 0.683. The molecule has 0 N–H and O–H groups in total. The van der Waals surface area contributed by atoms with Crippen molar-refractivity contribution in [2.24, 2.45) is 93.2 Å². The fourth-order valence-electron chi connectivity index (χ4n) is 23.1. The zero-order valence-corrected chi connectivity index (χ0v) is 86.8. The minimum atomic E-state index is -4.65. The molecule has 3 saturated heterocycles. The summed E-state index contributed by atoms with van der Waals surface area (Å²) < 4.78 is 165. The summed E-state index contributed by atoms with van der Waals surface area (Å²) >= 11 is 0. The summed E-state index contributed by atoms with van der Waals surface area (Å²) in [6, 6.07) is 11.4. The molecule has 38 heteroatoms. The Bertz CT molecular complexity index is 5460. The number of hydrogen-bond acceptors (Lipinski definition) is 24. The van der Waals surface area contributed by atoms with Gasteiger partial charge < -0.3 is 71.7 Å². The van der Waals surface area contributed by atoms with E-state index in [1.54, 1.807) is 110 Å². The smallest absolute Gasteiger partial charge is 0.389 e. The zero-order valence-electron chi connectivity index (χ0n) is 82.6. The first-order chi connectivity index (χ1) is 66.0. The molecule has 27 nitrogen and oxygen atoms in total. The van der Waals surface area contributed by atoms with Crippen LogP contribution < -0.4 is 28.4 Å². The number of rotatable bonds is 10. The monoisotopic (exact) mass is 2100 g/mol. The van der Waals surface area contributed by atoms with Crippen molar-refractivity contribution in [3.63, 3.8) is 0 Å². The van der Waals surface area contributed by atoms with Crippen LogP contribution in [0.5, 0.6) is 34.9 Å². The van der Waals surface area contributed by atoms with E-state index in [-0.39, 0.29) is 142 Å². The number of alkyl halides is 8. The molecule has 773 valence electrons. The van der Waals surface area contributed by atoms with Crippen LogP contribution in [0.3, 0.4) is 0 Å². The van der Waals surface area contributed by atoms with Gasteiger partial charge in [0.2, 0.25) is 41.8 Å². The maximum Gasteiger partial charge on any atom is 0.389 e. The van der Waals surface area contributed by atoms with Crippen molar-refractivity contribution >= 4 is 87.6 Å². The predicted molar refractivity (Wildman–Crippen MR) is 493 cm³/mol. The van der Waals surface area contributed by atoms with Gasteiger partial charge in [-0.25, -0.2) is 57.5 Å². The molecule has 6 aliphatic heterocycles. The van der Waals surface area contributed by atoms with Crippen LogP contribution in [0.25, 0.3) is 33.1 Å². The maximum absolute atomic E-state index is 14.3. The summed E-state index contributed by atoms with van der Waals surface area (Å²) in [5.41, 5.74) is 2.67. The van der Waals surface area contributed by atoms with Gasteiger partial charge in [-0.15, -0.1) is 0 Å². The number of amides is 3. The molecule has 9 heterocycles. The normalized spacial score (nSPS) is 30.2. The van der Waals surface area contributed by atoms with Gasteiger partial charge in [-0.1, -0.05) is 125 Å². The molecule has 2 unspecified atom stereocenters. The Morgan fingerprint density at radius 2 is 0.725 bits per heavy atom. The van der Waals surface area contributed by atoms with Gasteiger partial charge in [0.05, 0.1) is 111 Å². The van der Waals surface area contributed by atoms with Crippen LogP contribution in [0.1, 0.15) is 240 Å². The third kappa shape index (κ3) is 26.9. The third-order valence-corrected chi connectivity index (χ3v) is 30.9. The summed E-state index contributed by atoms with van der Waals surface area (Å²) in [6.45, 7) is 15.6. The number of benzene rings is 3. The number of aromatic nitrogens is 6. The zero-order chi connectivity index (χ0) is 99.6. The minimum Gasteiger partial charge on any atom is -0.540 e. The standard InChI is InChI=1S/C36H45F3N3O6.C35H43F3N3O6.C33H42F2N3O6.3V/c1-35(2,3)25-16-31(44)48-32-21-11-10-20(14-21)23(32)8-6-5-7-9-27-33(41-28-15-22(46-4)12-13-26(28)40-27)47-30-18-42(34(25)45)29(19-43)24(30)17-36(37,38)39;1-34(2,3)24-15-31(43)46-29-13-19-12-22(19)21(29)8-6-5-7-9-26-32(40-27-14-20(45-4)10-11-25(27)39-26)47-30-17-41(33(24)44)28(18-42)23(30)16-35(36,37)38;1-33(2,3)22-16-30(40)43-27-13-19(27)9-7-5-6-8-10-24-31(37-25-14-20(42-4)11-12-23(25)36-24)44-28-17-38(32(22)41)26(18-39)21(28)15-29(34)35;;;/h12-13,15,20-21,23-25,29-30,32H,5-11,14,16-18H2,1-4H3;10-11,14,19,21-24,28-30H,5-9,12-13,15-17H2,1-4H3;11-12,14,19,21-22,26-29H,5-10,13,15-17H2,1-4H3;;;/q3*-1;;;/t20-,21+,23-,24+,25-,29-,30+,32-;19?,21-,22?,23+,24-,28-,29-,30+;19-,21+,22-,26-,27-,28+;;;/m111.../s1. The summed E-state index contributed by atoms with van der Waals surface area (Å²) in [5, 5.41) is 0. The largest absolute Gasteiger partial charge is 0.540 e. The number of carbonyl (C=O) groups is 6. The Balaban J connectivity index is 0.000000188. The van der Waals surface area contributed by atoms with E-state index in [2.05, 4.69) is 4.98 Å². The summed E-state index contributed by atoms with van der Waals surface area (Å²) in [5.74, 6) is -4.91. The first kappa shape index (κ1) is 112. The molecule has 3 amide bonds. The SMILES string of the molecule is COc1ccc2nc3c(nc2c1)O[C@H]1CN(C(=O)[C@H](C(C)(C)C)CC(=O)O[C@@H]2CC4CC4[C@H]2CCCCC3)[C@H]([C-]=O)[C@@H]1CC(F)(F)F.COc1ccc2nc3c(nc2c1)O[C@H]1CN(C(=O)[C@H](C(C)(C)C)CC(=O)O[C@@H]2C[C@H]2CCCCCC3)[C@H]([C-]=O)[C@@H]1CC(F)F.COc1ccc2nc3c(nc2c1)O[C@H]1CN(C(=O)[C@H](C(C)(C)C)CC(=O)O[C@@H]2[C@H]4CC[C@H](C4)[C@H]2CCCCC3)[C@H]([C-]=O)[C@@H]1CC(F)(F)F.[V].[V].[V]. The Kier molecular flexibility index (Phi) is 37.3. The summed E-state index contributed by atoms with van der Waals surface area (Å²) in [6.07, 6.45) is 4.59. The van der Waals surface area contributed by atoms with Crippen molar-refractivity contribution in [3.8, 4) is 34.9 Å². The van der Waals surface area contributed by atoms with Crippen molar-refractivity contribution in [1.29, 1.82) is 0 Å². The van der Waals surface area contributed by atoms with E-state index in [4.69, 9.17) is 67.6 Å². The molecule has 3 aromatic heterocycles. The number of aryl methyl sites for hydroxylation is 3. The van der Waals surface area contributed by atoms with Gasteiger partial charge in [0.25, 0.3) is 0 Å². The molecule has 11 aliphatic rings. The second-order valence-electron chi connectivity index (χ2n) is 43.5. The van der Waals surface area contributed by atoms with Crippen molar-refractivity contribution in [2.75, 3.05) is 41.0 Å². The van der Waals surface area contributed by atoms with E-state index in [1.807, 2.05) is 33.1 Å². The molecular weight excluding hydrogens is 1970 g/mol. The van der Waals surface area contributed by atoms with Gasteiger partial charge in [0, 0.05) is 105 Å². The van der Waals surface area contributed by atoms with Gasteiger partial charge in [0.15, 0.2) is 0 Å². The van der Waals surface area contributed by atoms with Crippen LogP contribution in [0.4, 0.5) is 35.1 Å². The van der Waals surface area contributed by atoms with Gasteiger partial charge in [-0.2, -0.15) is 26.3 Å². The Hall–Kier alpha value is -8.50. The molecule has 8 fully saturated rings. The maximum atomic E-state index is 14.3. The molecular formula is C104H130F8N9O18V3-3. The molecule has 17 rings (SSSR count). The van der Waals surface area contributed by atoms with Crippen LogP contribution in [0, 0.1) is 93.2 Å². The topological polar surface area (TPSA) is 324 Å². The molecule has 5 saturated carbocycles. The fourth-order valence-corrected chi connectivity index (χ4v) is 23.1. The second-order valence-corrected chi connectivity index (χ2v) is 43.5. The Labute approximate surface area is 859 Å². The van der Waals surface area contributed by atoms with E-state index >= 15 is 0 Å². The van der Waals surface area contributed by atoms with E-state index < -0.39 is 162 Å². The van der Waals surface area contributed by atoms with E-state index in [9.17, 15) is 78.3 Å². The van der Waals surface area contributed by atoms with E-state index in [1.165, 1.54) is 19.1 Å². The number of fused-ring (bicyclic) bond motifs is 21. The quantitative estimate of drug-likeness (QED) is 0.0532. The van der Waals surface area contributed by atoms with Gasteiger partial charge in [-0.05, 0) is 196 Å². The molecule has 8 bridgehead atoms. The third-order valence-electron chi connectivity index (χ3n) is 30.9. The number of esters is 3. The molecule has 142 heavy (non-hydrogen) atoms. The van der Waals surface area contributed by atoms with Crippen LogP contribution in [0.15, 0.2) is 54.6 Å². The predicted octanol–water partition coefficient (Wildman–Crippen LogP) is 17.9. The van der Waals surface area contributed by atoms with Crippen LogP contribution >= 0.6 is 0 Å². The van der Waals surface area contributed by atoms with Gasteiger partial charge in [-0.3, -0.25) is 28.8 Å². The summed E-state index contributed by atoms with van der Waals surface area (Å²) in [7, 11) is 4.58. The average molecular weight is 2100 g/mol. The minimum absolute atomic E-state index is 0. The Morgan fingerprint density at radius 3 is 1.11 bits per heavy atom. The van der Waals surface area contributed by atoms with Crippen LogP contribution in [-0.4, -0.2) is 214 Å². The van der Waals surface area contributed by atoms with Crippen molar-refractivity contribution in [2.45, 2.75) is 316 Å². The number of nitrogens with zero attached hydrogens (tertiary/aromatic N) is 9. The molecule has 22 atom stereocenters. The van der Waals surface area contributed by atoms with Gasteiger partial charge >= 0.3 is 30.3 Å². The van der Waals surface area contributed by atoms with E-state index in [0.717, 1.165) is 132 Å². The van der Waals surface area contributed by atoms with Crippen molar-refractivity contribution in [1.82, 2.24) is 44.6 Å². The molecule has 5 aliphatic carbocycles. The number of carbonyl (C=O) groups excluding carboxylic acids is 9. The van der Waals surface area contributed by atoms with Crippen molar-refractivity contribution < 1.29 is 177 Å². The molecule has 3 aromatic carbocycles. The number of ether oxygens (including phenoxy) is 9.